The summed E-state index contributed by atoms with van der Waals surface area (Å²) < 4.78 is 14.9. The lowest BCUT2D eigenvalue weighted by atomic mass is 9.76. The fraction of sp³-hybridized carbons (Fsp3) is 0.227. The van der Waals surface area contributed by atoms with E-state index in [1.165, 1.54) is 34.6 Å². The Bertz CT molecular complexity index is 1110. The van der Waals surface area contributed by atoms with Gasteiger partial charge in [-0.05, 0) is 60.2 Å². The van der Waals surface area contributed by atoms with Crippen LogP contribution >= 0.6 is 23.2 Å². The van der Waals surface area contributed by atoms with Gasteiger partial charge in [0.15, 0.2) is 0 Å². The predicted molar refractivity (Wildman–Crippen MR) is 117 cm³/mol. The van der Waals surface area contributed by atoms with Crippen LogP contribution < -0.4 is 10.6 Å². The van der Waals surface area contributed by atoms with Crippen LogP contribution in [0, 0.1) is 5.82 Å². The molecular formula is C22H19Cl2FN4O2. The molecule has 0 aliphatic heterocycles. The van der Waals surface area contributed by atoms with Crippen LogP contribution in [0.4, 0.5) is 10.1 Å². The van der Waals surface area contributed by atoms with Crippen molar-refractivity contribution < 1.29 is 14.0 Å². The second-order valence-corrected chi connectivity index (χ2v) is 8.35. The molecule has 0 atom stereocenters. The van der Waals surface area contributed by atoms with Gasteiger partial charge in [0.2, 0.25) is 0 Å². The molecule has 0 radical (unpaired) electrons. The van der Waals surface area contributed by atoms with Gasteiger partial charge >= 0.3 is 11.8 Å². The summed E-state index contributed by atoms with van der Waals surface area (Å²) in [6.07, 6.45) is 4.50. The molecule has 1 saturated carbocycles. The molecular weight excluding hydrogens is 442 g/mol. The van der Waals surface area contributed by atoms with Gasteiger partial charge in [0.1, 0.15) is 5.82 Å². The fourth-order valence-corrected chi connectivity index (χ4v) is 3.84. The SMILES string of the molecule is O=C(Nc1cnn(Cc2cc(F)ccc2Cl)c1)C(=O)NC1CC(c2ccc(Cl)cc2)C1. The number of carbonyl (C=O) groups is 2. The van der Waals surface area contributed by atoms with Crippen molar-refractivity contribution in [2.45, 2.75) is 31.3 Å². The fourth-order valence-electron chi connectivity index (χ4n) is 3.54. The number of rotatable bonds is 5. The highest BCUT2D eigenvalue weighted by atomic mass is 35.5. The van der Waals surface area contributed by atoms with Crippen LogP contribution in [0.1, 0.15) is 29.9 Å². The number of halogens is 3. The topological polar surface area (TPSA) is 76.0 Å². The van der Waals surface area contributed by atoms with E-state index in [1.807, 2.05) is 24.3 Å². The first kappa shape index (κ1) is 21.3. The van der Waals surface area contributed by atoms with Crippen LogP contribution in [-0.2, 0) is 16.1 Å². The van der Waals surface area contributed by atoms with E-state index in [-0.39, 0.29) is 12.6 Å². The predicted octanol–water partition coefficient (Wildman–Crippen LogP) is 4.38. The average Bonchev–Trinajstić information content (AvgIpc) is 3.14. The van der Waals surface area contributed by atoms with Gasteiger partial charge in [-0.25, -0.2) is 4.39 Å². The molecule has 1 aliphatic rings. The van der Waals surface area contributed by atoms with E-state index >= 15 is 0 Å². The molecule has 9 heteroatoms. The van der Waals surface area contributed by atoms with E-state index in [9.17, 15) is 14.0 Å². The minimum atomic E-state index is -0.765. The van der Waals surface area contributed by atoms with Crippen molar-refractivity contribution in [3.8, 4) is 0 Å². The van der Waals surface area contributed by atoms with E-state index in [0.29, 0.717) is 27.2 Å². The van der Waals surface area contributed by atoms with Gasteiger partial charge in [-0.3, -0.25) is 14.3 Å². The normalized spacial score (nSPS) is 17.6. The number of carbonyl (C=O) groups excluding carboxylic acids is 2. The van der Waals surface area contributed by atoms with Gasteiger partial charge in [-0.1, -0.05) is 35.3 Å². The Hall–Kier alpha value is -2.90. The minimum Gasteiger partial charge on any atom is -0.345 e. The standard InChI is InChI=1S/C22H19Cl2FN4O2/c23-16-3-1-13(2-4-16)14-8-18(9-14)27-21(30)22(31)28-19-10-26-29(12-19)11-15-7-17(25)5-6-20(15)24/h1-7,10,12,14,18H,8-9,11H2,(H,27,30)(H,28,31). The number of amides is 2. The van der Waals surface area contributed by atoms with Crippen LogP contribution in [-0.4, -0.2) is 27.6 Å². The van der Waals surface area contributed by atoms with Gasteiger partial charge in [-0.2, -0.15) is 5.10 Å². The summed E-state index contributed by atoms with van der Waals surface area (Å²) in [6.45, 7) is 0.229. The van der Waals surface area contributed by atoms with Gasteiger partial charge in [0.25, 0.3) is 0 Å². The van der Waals surface area contributed by atoms with E-state index in [0.717, 1.165) is 12.8 Å². The van der Waals surface area contributed by atoms with Gasteiger partial charge in [-0.15, -0.1) is 0 Å². The molecule has 4 rings (SSSR count). The quantitative estimate of drug-likeness (QED) is 0.554. The van der Waals surface area contributed by atoms with Crippen molar-refractivity contribution in [1.82, 2.24) is 15.1 Å². The van der Waals surface area contributed by atoms with Crippen molar-refractivity contribution in [2.75, 3.05) is 5.32 Å². The van der Waals surface area contributed by atoms with E-state index < -0.39 is 17.6 Å². The highest BCUT2D eigenvalue weighted by molar-refractivity contribution is 6.39. The highest BCUT2D eigenvalue weighted by Gasteiger charge is 2.32. The molecule has 6 nitrogen and oxygen atoms in total. The number of anilines is 1. The molecule has 0 bridgehead atoms. The molecule has 2 aromatic carbocycles. The zero-order chi connectivity index (χ0) is 22.0. The van der Waals surface area contributed by atoms with Gasteiger partial charge in [0, 0.05) is 22.3 Å². The molecule has 1 aliphatic carbocycles. The van der Waals surface area contributed by atoms with E-state index in [4.69, 9.17) is 23.2 Å². The first-order valence-electron chi connectivity index (χ1n) is 9.71. The second-order valence-electron chi connectivity index (χ2n) is 7.51. The summed E-state index contributed by atoms with van der Waals surface area (Å²) in [6, 6.07) is 11.7. The molecule has 0 spiro atoms. The molecule has 31 heavy (non-hydrogen) atoms. The molecule has 2 amide bonds. The van der Waals surface area contributed by atoms with Crippen molar-refractivity contribution >= 4 is 40.7 Å². The van der Waals surface area contributed by atoms with Crippen LogP contribution in [0.5, 0.6) is 0 Å². The minimum absolute atomic E-state index is 0.0447. The maximum absolute atomic E-state index is 13.4. The third-order valence-corrected chi connectivity index (χ3v) is 5.87. The molecule has 0 saturated heterocycles. The second kappa shape index (κ2) is 9.08. The lowest BCUT2D eigenvalue weighted by Crippen LogP contribution is -2.47. The Balaban J connectivity index is 1.26. The van der Waals surface area contributed by atoms with E-state index in [1.54, 1.807) is 6.20 Å². The number of nitrogens with one attached hydrogen (secondary N) is 2. The average molecular weight is 461 g/mol. The summed E-state index contributed by atoms with van der Waals surface area (Å²) in [5.41, 5.74) is 2.09. The van der Waals surface area contributed by atoms with Crippen LogP contribution in [0.3, 0.4) is 0 Å². The monoisotopic (exact) mass is 460 g/mol. The lowest BCUT2D eigenvalue weighted by molar-refractivity contribution is -0.137. The van der Waals surface area contributed by atoms with Crippen LogP contribution in [0.25, 0.3) is 0 Å². The maximum Gasteiger partial charge on any atom is 0.313 e. The van der Waals surface area contributed by atoms with Crippen molar-refractivity contribution in [3.05, 3.63) is 81.8 Å². The Kier molecular flexibility index (Phi) is 6.25. The summed E-state index contributed by atoms with van der Waals surface area (Å²) in [7, 11) is 0. The van der Waals surface area contributed by atoms with Crippen molar-refractivity contribution in [3.63, 3.8) is 0 Å². The van der Waals surface area contributed by atoms with Gasteiger partial charge in [0.05, 0.1) is 18.4 Å². The van der Waals surface area contributed by atoms with Crippen LogP contribution in [0.2, 0.25) is 10.0 Å². The first-order chi connectivity index (χ1) is 14.9. The third-order valence-electron chi connectivity index (χ3n) is 5.25. The summed E-state index contributed by atoms with van der Waals surface area (Å²) in [4.78, 5) is 24.4. The Morgan fingerprint density at radius 1 is 1.10 bits per heavy atom. The summed E-state index contributed by atoms with van der Waals surface area (Å²) >= 11 is 12.0. The number of aromatic nitrogens is 2. The Labute approximate surface area is 188 Å². The van der Waals surface area contributed by atoms with Crippen molar-refractivity contribution in [2.24, 2.45) is 0 Å². The Morgan fingerprint density at radius 2 is 1.84 bits per heavy atom. The number of hydrogen-bond donors (Lipinski definition) is 2. The molecule has 3 aromatic rings. The maximum atomic E-state index is 13.4. The van der Waals surface area contributed by atoms with Crippen LogP contribution in [0.15, 0.2) is 54.9 Å². The third kappa shape index (κ3) is 5.24. The number of benzene rings is 2. The molecule has 0 unspecified atom stereocenters. The zero-order valence-electron chi connectivity index (χ0n) is 16.3. The van der Waals surface area contributed by atoms with E-state index in [2.05, 4.69) is 15.7 Å². The summed E-state index contributed by atoms with van der Waals surface area (Å²) in [5, 5.41) is 10.5. The molecule has 160 valence electrons. The lowest BCUT2D eigenvalue weighted by Gasteiger charge is -2.36. The Morgan fingerprint density at radius 3 is 2.58 bits per heavy atom. The van der Waals surface area contributed by atoms with Crippen molar-refractivity contribution in [1.29, 1.82) is 0 Å². The van der Waals surface area contributed by atoms with Gasteiger partial charge < -0.3 is 10.6 Å². The summed E-state index contributed by atoms with van der Waals surface area (Å²) in [5.74, 6) is -1.51. The zero-order valence-corrected chi connectivity index (χ0v) is 17.8. The highest BCUT2D eigenvalue weighted by Crippen LogP contribution is 2.37. The smallest absolute Gasteiger partial charge is 0.313 e. The first-order valence-corrected chi connectivity index (χ1v) is 10.5. The molecule has 1 aromatic heterocycles. The molecule has 1 heterocycles. The number of hydrogen-bond acceptors (Lipinski definition) is 3. The molecule has 2 N–H and O–H groups in total. The molecule has 1 fully saturated rings. The number of nitrogens with zero attached hydrogens (tertiary/aromatic N) is 2. The largest absolute Gasteiger partial charge is 0.345 e.